The van der Waals surface area contributed by atoms with E-state index in [1.54, 1.807) is 6.92 Å². The molecule has 0 rings (SSSR count). The summed E-state index contributed by atoms with van der Waals surface area (Å²) in [5.41, 5.74) is 0. The lowest BCUT2D eigenvalue weighted by Crippen LogP contribution is -2.25. The molecular formula is C11H22O5S. The Morgan fingerprint density at radius 2 is 1.94 bits per heavy atom. The summed E-state index contributed by atoms with van der Waals surface area (Å²) in [5.74, 6) is -1.35. The SMILES string of the molecule is CCCCOCCS(=O)(=O)CC(C)C(=O)OC. The molecule has 0 spiro atoms. The van der Waals surface area contributed by atoms with Gasteiger partial charge in [-0.05, 0) is 6.42 Å². The summed E-state index contributed by atoms with van der Waals surface area (Å²) in [7, 11) is -2.00. The summed E-state index contributed by atoms with van der Waals surface area (Å²) in [5, 5.41) is 0. The fourth-order valence-corrected chi connectivity index (χ4v) is 2.70. The van der Waals surface area contributed by atoms with Gasteiger partial charge in [0.05, 0.1) is 31.1 Å². The average molecular weight is 266 g/mol. The Morgan fingerprint density at radius 3 is 2.47 bits per heavy atom. The van der Waals surface area contributed by atoms with Gasteiger partial charge in [-0.25, -0.2) is 8.42 Å². The Morgan fingerprint density at radius 1 is 1.29 bits per heavy atom. The highest BCUT2D eigenvalue weighted by Crippen LogP contribution is 2.04. The molecule has 0 saturated carbocycles. The van der Waals surface area contributed by atoms with Crippen molar-refractivity contribution >= 4 is 15.8 Å². The first-order valence-electron chi connectivity index (χ1n) is 5.79. The molecule has 0 aromatic rings. The van der Waals surface area contributed by atoms with Gasteiger partial charge < -0.3 is 9.47 Å². The molecule has 0 amide bonds. The van der Waals surface area contributed by atoms with Gasteiger partial charge in [-0.1, -0.05) is 20.3 Å². The summed E-state index contributed by atoms with van der Waals surface area (Å²) in [6, 6.07) is 0. The molecule has 1 unspecified atom stereocenters. The highest BCUT2D eigenvalue weighted by Gasteiger charge is 2.21. The third-order valence-corrected chi connectivity index (χ3v) is 4.08. The third kappa shape index (κ3) is 8.15. The van der Waals surface area contributed by atoms with E-state index in [0.29, 0.717) is 6.61 Å². The minimum absolute atomic E-state index is 0.0436. The Balaban J connectivity index is 3.92. The van der Waals surface area contributed by atoms with Crippen LogP contribution in [0.15, 0.2) is 0 Å². The highest BCUT2D eigenvalue weighted by molar-refractivity contribution is 7.91. The zero-order valence-corrected chi connectivity index (χ0v) is 11.6. The Bertz CT molecular complexity index is 310. The predicted molar refractivity (Wildman–Crippen MR) is 65.6 cm³/mol. The maximum absolute atomic E-state index is 11.6. The van der Waals surface area contributed by atoms with Crippen molar-refractivity contribution in [1.29, 1.82) is 0 Å². The number of hydrogen-bond donors (Lipinski definition) is 0. The number of rotatable bonds is 9. The van der Waals surface area contributed by atoms with Crippen LogP contribution >= 0.6 is 0 Å². The van der Waals surface area contributed by atoms with Crippen LogP contribution in [-0.2, 0) is 24.1 Å². The molecule has 0 heterocycles. The van der Waals surface area contributed by atoms with Crippen LogP contribution in [0, 0.1) is 5.92 Å². The van der Waals surface area contributed by atoms with Crippen LogP contribution in [0.5, 0.6) is 0 Å². The predicted octanol–water partition coefficient (Wildman–Crippen LogP) is 1.03. The first kappa shape index (κ1) is 16.4. The summed E-state index contributed by atoms with van der Waals surface area (Å²) >= 11 is 0. The second-order valence-electron chi connectivity index (χ2n) is 4.00. The van der Waals surface area contributed by atoms with Crippen LogP contribution in [-0.4, -0.2) is 46.2 Å². The van der Waals surface area contributed by atoms with E-state index >= 15 is 0 Å². The lowest BCUT2D eigenvalue weighted by molar-refractivity contribution is -0.144. The maximum Gasteiger partial charge on any atom is 0.309 e. The molecular weight excluding hydrogens is 244 g/mol. The molecule has 0 saturated heterocycles. The number of carbonyl (C=O) groups excluding carboxylic acids is 1. The van der Waals surface area contributed by atoms with Crippen LogP contribution in [0.1, 0.15) is 26.7 Å². The average Bonchev–Trinajstić information content (AvgIpc) is 2.26. The van der Waals surface area contributed by atoms with Crippen LogP contribution in [0.25, 0.3) is 0 Å². The molecule has 5 nitrogen and oxygen atoms in total. The quantitative estimate of drug-likeness (QED) is 0.460. The van der Waals surface area contributed by atoms with Crippen molar-refractivity contribution < 1.29 is 22.7 Å². The molecule has 17 heavy (non-hydrogen) atoms. The van der Waals surface area contributed by atoms with Crippen LogP contribution in [0.3, 0.4) is 0 Å². The van der Waals surface area contributed by atoms with Crippen LogP contribution in [0.2, 0.25) is 0 Å². The molecule has 0 aromatic carbocycles. The first-order valence-corrected chi connectivity index (χ1v) is 7.61. The lowest BCUT2D eigenvalue weighted by atomic mass is 10.2. The van der Waals surface area contributed by atoms with Crippen molar-refractivity contribution in [1.82, 2.24) is 0 Å². The minimum atomic E-state index is -3.25. The van der Waals surface area contributed by atoms with Gasteiger partial charge in [-0.2, -0.15) is 0 Å². The van der Waals surface area contributed by atoms with Gasteiger partial charge in [0.15, 0.2) is 9.84 Å². The largest absolute Gasteiger partial charge is 0.469 e. The topological polar surface area (TPSA) is 69.7 Å². The summed E-state index contributed by atoms with van der Waals surface area (Å²) < 4.78 is 32.9. The highest BCUT2D eigenvalue weighted by atomic mass is 32.2. The van der Waals surface area contributed by atoms with E-state index in [4.69, 9.17) is 4.74 Å². The minimum Gasteiger partial charge on any atom is -0.469 e. The molecule has 0 aliphatic rings. The van der Waals surface area contributed by atoms with Gasteiger partial charge in [-0.15, -0.1) is 0 Å². The fourth-order valence-electron chi connectivity index (χ4n) is 1.27. The molecule has 0 bridgehead atoms. The number of ether oxygens (including phenoxy) is 2. The number of unbranched alkanes of at least 4 members (excludes halogenated alkanes) is 1. The normalized spacial score (nSPS) is 13.4. The van der Waals surface area contributed by atoms with E-state index in [1.165, 1.54) is 7.11 Å². The Hall–Kier alpha value is -0.620. The maximum atomic E-state index is 11.6. The van der Waals surface area contributed by atoms with E-state index in [2.05, 4.69) is 4.74 Å². The molecule has 1 atom stereocenters. The van der Waals surface area contributed by atoms with E-state index in [-0.39, 0.29) is 18.1 Å². The molecule has 0 fully saturated rings. The Labute approximate surface area is 103 Å². The molecule has 102 valence electrons. The second kappa shape index (κ2) is 8.47. The zero-order valence-electron chi connectivity index (χ0n) is 10.8. The zero-order chi connectivity index (χ0) is 13.3. The third-order valence-electron chi connectivity index (χ3n) is 2.29. The molecule has 0 aromatic heterocycles. The summed E-state index contributed by atoms with van der Waals surface area (Å²) in [6.07, 6.45) is 1.95. The molecule has 6 heteroatoms. The van der Waals surface area contributed by atoms with Gasteiger partial charge in [0.25, 0.3) is 0 Å². The van der Waals surface area contributed by atoms with Gasteiger partial charge in [0, 0.05) is 6.61 Å². The first-order chi connectivity index (χ1) is 7.93. The van der Waals surface area contributed by atoms with Crippen molar-refractivity contribution in [2.45, 2.75) is 26.7 Å². The second-order valence-corrected chi connectivity index (χ2v) is 6.23. The molecule has 0 radical (unpaired) electrons. The fraction of sp³-hybridized carbons (Fsp3) is 0.909. The van der Waals surface area contributed by atoms with Gasteiger partial charge in [0.1, 0.15) is 0 Å². The van der Waals surface area contributed by atoms with Crippen molar-refractivity contribution in [2.24, 2.45) is 5.92 Å². The molecule has 0 aliphatic heterocycles. The standard InChI is InChI=1S/C11H22O5S/c1-4-5-6-16-7-8-17(13,14)9-10(2)11(12)15-3/h10H,4-9H2,1-3H3. The lowest BCUT2D eigenvalue weighted by Gasteiger charge is -2.10. The number of hydrogen-bond acceptors (Lipinski definition) is 5. The van der Waals surface area contributed by atoms with Crippen molar-refractivity contribution in [3.8, 4) is 0 Å². The Kier molecular flexibility index (Phi) is 8.16. The van der Waals surface area contributed by atoms with Crippen LogP contribution in [0.4, 0.5) is 0 Å². The van der Waals surface area contributed by atoms with E-state index < -0.39 is 21.7 Å². The van der Waals surface area contributed by atoms with Gasteiger partial charge >= 0.3 is 5.97 Å². The van der Waals surface area contributed by atoms with Crippen molar-refractivity contribution in [2.75, 3.05) is 31.8 Å². The number of esters is 1. The summed E-state index contributed by atoms with van der Waals surface area (Å²) in [6.45, 7) is 4.36. The smallest absolute Gasteiger partial charge is 0.309 e. The molecule has 0 N–H and O–H groups in total. The van der Waals surface area contributed by atoms with E-state index in [1.807, 2.05) is 6.92 Å². The van der Waals surface area contributed by atoms with Gasteiger partial charge in [0.2, 0.25) is 0 Å². The van der Waals surface area contributed by atoms with Crippen molar-refractivity contribution in [3.63, 3.8) is 0 Å². The van der Waals surface area contributed by atoms with Gasteiger partial charge in [-0.3, -0.25) is 4.79 Å². The molecule has 0 aliphatic carbocycles. The summed E-state index contributed by atoms with van der Waals surface area (Å²) in [4.78, 5) is 11.1. The number of carbonyl (C=O) groups is 1. The monoisotopic (exact) mass is 266 g/mol. The van der Waals surface area contributed by atoms with Crippen LogP contribution < -0.4 is 0 Å². The van der Waals surface area contributed by atoms with E-state index in [0.717, 1.165) is 12.8 Å². The number of sulfone groups is 1. The van der Waals surface area contributed by atoms with E-state index in [9.17, 15) is 13.2 Å². The van der Waals surface area contributed by atoms with Crippen molar-refractivity contribution in [3.05, 3.63) is 0 Å². The number of methoxy groups -OCH3 is 1.